The van der Waals surface area contributed by atoms with Crippen molar-refractivity contribution in [1.29, 1.82) is 0 Å². The summed E-state index contributed by atoms with van der Waals surface area (Å²) in [5, 5.41) is 8.64. The molecule has 0 fully saturated rings. The van der Waals surface area contributed by atoms with Crippen LogP contribution in [-0.4, -0.2) is 14.1 Å². The lowest BCUT2D eigenvalue weighted by molar-refractivity contribution is 1.16. The lowest BCUT2D eigenvalue weighted by Crippen LogP contribution is -1.96. The van der Waals surface area contributed by atoms with E-state index in [1.807, 2.05) is 12.3 Å². The van der Waals surface area contributed by atoms with Crippen LogP contribution in [0.2, 0.25) is 0 Å². The van der Waals surface area contributed by atoms with Gasteiger partial charge in [-0.05, 0) is 53.9 Å². The van der Waals surface area contributed by atoms with Crippen LogP contribution >= 0.6 is 0 Å². The molecule has 6 aromatic carbocycles. The van der Waals surface area contributed by atoms with E-state index in [9.17, 15) is 0 Å². The highest BCUT2D eigenvalue weighted by molar-refractivity contribution is 6.22. The Morgan fingerprint density at radius 1 is 0.400 bits per heavy atom. The maximum atomic E-state index is 4.82. The van der Waals surface area contributed by atoms with Crippen molar-refractivity contribution in [3.05, 3.63) is 140 Å². The predicted octanol–water partition coefficient (Wildman–Crippen LogP) is 9.58. The van der Waals surface area contributed by atoms with Crippen molar-refractivity contribution in [1.82, 2.24) is 14.1 Å². The fourth-order valence-electron chi connectivity index (χ4n) is 6.55. The molecule has 9 rings (SSSR count). The lowest BCUT2D eigenvalue weighted by Gasteiger charge is -2.12. The molecule has 3 heteroatoms. The van der Waals surface area contributed by atoms with E-state index in [0.717, 1.165) is 16.6 Å². The molecule has 3 aromatic heterocycles. The van der Waals surface area contributed by atoms with Gasteiger partial charge >= 0.3 is 0 Å². The van der Waals surface area contributed by atoms with Gasteiger partial charge in [-0.2, -0.15) is 0 Å². The third-order valence-corrected chi connectivity index (χ3v) is 8.29. The SMILES string of the molecule is c1ccc(-n2c3ccccc3c3ccc4cc5c6ccccc6n(-c6cnc7ccccc7c6)c5cc4c32)cc1. The highest BCUT2D eigenvalue weighted by Crippen LogP contribution is 2.40. The van der Waals surface area contributed by atoms with Crippen molar-refractivity contribution in [2.24, 2.45) is 0 Å². The van der Waals surface area contributed by atoms with Gasteiger partial charge in [-0.3, -0.25) is 4.98 Å². The van der Waals surface area contributed by atoms with Crippen LogP contribution in [0, 0.1) is 0 Å². The number of hydrogen-bond donors (Lipinski definition) is 0. The van der Waals surface area contributed by atoms with Crippen molar-refractivity contribution >= 4 is 65.3 Å². The Hall–Kier alpha value is -5.41. The number of fused-ring (bicyclic) bond motifs is 9. The first-order valence-corrected chi connectivity index (χ1v) is 13.6. The Morgan fingerprint density at radius 2 is 1.10 bits per heavy atom. The van der Waals surface area contributed by atoms with Crippen LogP contribution < -0.4 is 0 Å². The lowest BCUT2D eigenvalue weighted by atomic mass is 10.0. The van der Waals surface area contributed by atoms with Gasteiger partial charge in [-0.1, -0.05) is 84.9 Å². The summed E-state index contributed by atoms with van der Waals surface area (Å²) in [4.78, 5) is 4.82. The van der Waals surface area contributed by atoms with Crippen LogP contribution in [0.15, 0.2) is 140 Å². The van der Waals surface area contributed by atoms with Gasteiger partial charge in [-0.15, -0.1) is 0 Å². The standard InChI is InChI=1S/C37H23N3/c1-2-11-26(12-3-1)40-35-17-9-5-13-28(35)30-19-18-24-21-32-29-14-6-8-16-34(29)39(36(32)22-31(24)37(30)40)27-20-25-10-4-7-15-33(25)38-23-27/h1-23H. The fraction of sp³-hybridized carbons (Fsp3) is 0. The molecule has 0 bridgehead atoms. The number of benzene rings is 6. The summed E-state index contributed by atoms with van der Waals surface area (Å²) in [7, 11) is 0. The molecule has 3 nitrogen and oxygen atoms in total. The molecule has 0 unspecified atom stereocenters. The minimum Gasteiger partial charge on any atom is -0.309 e. The quantitative estimate of drug-likeness (QED) is 0.227. The number of rotatable bonds is 2. The summed E-state index contributed by atoms with van der Waals surface area (Å²) in [6.45, 7) is 0. The van der Waals surface area contributed by atoms with Crippen molar-refractivity contribution in [2.45, 2.75) is 0 Å². The highest BCUT2D eigenvalue weighted by atomic mass is 15.0. The van der Waals surface area contributed by atoms with Crippen LogP contribution in [0.3, 0.4) is 0 Å². The van der Waals surface area contributed by atoms with Gasteiger partial charge in [0.1, 0.15) is 0 Å². The van der Waals surface area contributed by atoms with Crippen molar-refractivity contribution in [2.75, 3.05) is 0 Å². The maximum absolute atomic E-state index is 4.82. The largest absolute Gasteiger partial charge is 0.309 e. The van der Waals surface area contributed by atoms with E-state index < -0.39 is 0 Å². The van der Waals surface area contributed by atoms with Gasteiger partial charge in [-0.25, -0.2) is 0 Å². The normalized spacial score (nSPS) is 12.0. The smallest absolute Gasteiger partial charge is 0.0703 e. The third-order valence-electron chi connectivity index (χ3n) is 8.29. The molecule has 0 aliphatic rings. The number of pyridine rings is 1. The Labute approximate surface area is 230 Å². The van der Waals surface area contributed by atoms with Crippen LogP contribution in [0.25, 0.3) is 76.7 Å². The molecule has 0 aliphatic carbocycles. The van der Waals surface area contributed by atoms with E-state index in [-0.39, 0.29) is 0 Å². The second kappa shape index (κ2) is 8.05. The Balaban J connectivity index is 1.47. The van der Waals surface area contributed by atoms with Gasteiger partial charge in [0.25, 0.3) is 0 Å². The first-order chi connectivity index (χ1) is 19.8. The van der Waals surface area contributed by atoms with Crippen LogP contribution in [0.5, 0.6) is 0 Å². The van der Waals surface area contributed by atoms with E-state index >= 15 is 0 Å². The Kier molecular flexibility index (Phi) is 4.33. The van der Waals surface area contributed by atoms with Crippen molar-refractivity contribution in [3.8, 4) is 11.4 Å². The molecule has 0 N–H and O–H groups in total. The van der Waals surface area contributed by atoms with Crippen molar-refractivity contribution in [3.63, 3.8) is 0 Å². The number of para-hydroxylation sites is 4. The molecule has 40 heavy (non-hydrogen) atoms. The molecule has 9 aromatic rings. The molecule has 3 heterocycles. The van der Waals surface area contributed by atoms with Crippen LogP contribution in [0.1, 0.15) is 0 Å². The zero-order valence-corrected chi connectivity index (χ0v) is 21.6. The van der Waals surface area contributed by atoms with Gasteiger partial charge in [0.2, 0.25) is 0 Å². The van der Waals surface area contributed by atoms with E-state index in [2.05, 4.69) is 137 Å². The van der Waals surface area contributed by atoms with E-state index in [4.69, 9.17) is 4.98 Å². The second-order valence-electron chi connectivity index (χ2n) is 10.5. The molecule has 0 aliphatic heterocycles. The van der Waals surface area contributed by atoms with E-state index in [1.165, 1.54) is 60.1 Å². The Morgan fingerprint density at radius 3 is 1.95 bits per heavy atom. The van der Waals surface area contributed by atoms with Gasteiger partial charge < -0.3 is 9.13 Å². The fourth-order valence-corrected chi connectivity index (χ4v) is 6.55. The molecule has 0 saturated carbocycles. The maximum Gasteiger partial charge on any atom is 0.0703 e. The molecule has 0 spiro atoms. The second-order valence-corrected chi connectivity index (χ2v) is 10.5. The molecule has 0 amide bonds. The van der Waals surface area contributed by atoms with Gasteiger partial charge in [0.15, 0.2) is 0 Å². The minimum atomic E-state index is 1.01. The summed E-state index contributed by atoms with van der Waals surface area (Å²) >= 11 is 0. The zero-order valence-electron chi connectivity index (χ0n) is 21.6. The monoisotopic (exact) mass is 509 g/mol. The van der Waals surface area contributed by atoms with Crippen LogP contribution in [-0.2, 0) is 0 Å². The number of hydrogen-bond acceptors (Lipinski definition) is 1. The van der Waals surface area contributed by atoms with E-state index in [1.54, 1.807) is 0 Å². The summed E-state index contributed by atoms with van der Waals surface area (Å²) in [5.74, 6) is 0. The summed E-state index contributed by atoms with van der Waals surface area (Å²) < 4.78 is 4.79. The topological polar surface area (TPSA) is 22.8 Å². The van der Waals surface area contributed by atoms with Gasteiger partial charge in [0, 0.05) is 38.0 Å². The molecule has 186 valence electrons. The minimum absolute atomic E-state index is 1.01. The first kappa shape index (κ1) is 21.5. The molecule has 0 atom stereocenters. The van der Waals surface area contributed by atoms with E-state index in [0.29, 0.717) is 0 Å². The summed E-state index contributed by atoms with van der Waals surface area (Å²) in [6, 6.07) is 48.0. The average molecular weight is 510 g/mol. The number of nitrogens with zero attached hydrogens (tertiary/aromatic N) is 3. The molecular formula is C37H23N3. The molecule has 0 saturated heterocycles. The highest BCUT2D eigenvalue weighted by Gasteiger charge is 2.18. The first-order valence-electron chi connectivity index (χ1n) is 13.6. The molecule has 0 radical (unpaired) electrons. The van der Waals surface area contributed by atoms with Crippen LogP contribution in [0.4, 0.5) is 0 Å². The Bertz CT molecular complexity index is 2430. The summed E-state index contributed by atoms with van der Waals surface area (Å²) in [6.07, 6.45) is 2.00. The predicted molar refractivity (Wildman–Crippen MR) is 168 cm³/mol. The number of aromatic nitrogens is 3. The third kappa shape index (κ3) is 2.92. The average Bonchev–Trinajstić information content (AvgIpc) is 3.53. The molecular weight excluding hydrogens is 486 g/mol. The van der Waals surface area contributed by atoms with Crippen molar-refractivity contribution < 1.29 is 0 Å². The van der Waals surface area contributed by atoms with Gasteiger partial charge in [0.05, 0.1) is 39.5 Å². The zero-order chi connectivity index (χ0) is 26.2. The summed E-state index contributed by atoms with van der Waals surface area (Å²) in [5.41, 5.74) is 8.07.